The van der Waals surface area contributed by atoms with Crippen molar-refractivity contribution in [1.82, 2.24) is 15.1 Å². The van der Waals surface area contributed by atoms with Crippen LogP contribution in [0.4, 0.5) is 19.3 Å². The Balaban J connectivity index is 2.01. The van der Waals surface area contributed by atoms with Crippen LogP contribution in [-0.4, -0.2) is 22.4 Å². The Labute approximate surface area is 136 Å². The molecule has 0 aliphatic heterocycles. The number of aromatic nitrogens is 2. The zero-order valence-electron chi connectivity index (χ0n) is 12.4. The van der Waals surface area contributed by atoms with Crippen molar-refractivity contribution in [1.29, 1.82) is 0 Å². The second-order valence-corrected chi connectivity index (χ2v) is 5.14. The lowest BCUT2D eigenvalue weighted by molar-refractivity contribution is -0.0493. The second-order valence-electron chi connectivity index (χ2n) is 4.71. The summed E-state index contributed by atoms with van der Waals surface area (Å²) >= 11 is 5.74. The number of carbonyl (C=O) groups excluding carboxylic acids is 1. The predicted octanol–water partition coefficient (Wildman–Crippen LogP) is 3.31. The van der Waals surface area contributed by atoms with Gasteiger partial charge < -0.3 is 15.4 Å². The van der Waals surface area contributed by atoms with E-state index in [0.717, 1.165) is 11.3 Å². The molecule has 6 nitrogen and oxygen atoms in total. The number of nitrogens with one attached hydrogen (secondary N) is 2. The normalized spacial score (nSPS) is 10.7. The van der Waals surface area contributed by atoms with E-state index in [0.29, 0.717) is 0 Å². The summed E-state index contributed by atoms with van der Waals surface area (Å²) in [4.78, 5) is 11.9. The number of rotatable bonds is 5. The van der Waals surface area contributed by atoms with Gasteiger partial charge in [0.15, 0.2) is 5.75 Å². The van der Waals surface area contributed by atoms with Crippen LogP contribution in [-0.2, 0) is 13.6 Å². The van der Waals surface area contributed by atoms with E-state index in [1.165, 1.54) is 18.2 Å². The predicted molar refractivity (Wildman–Crippen MR) is 81.9 cm³/mol. The fourth-order valence-corrected chi connectivity index (χ4v) is 2.01. The molecule has 2 N–H and O–H groups in total. The minimum atomic E-state index is -3.02. The van der Waals surface area contributed by atoms with Crippen molar-refractivity contribution in [3.63, 3.8) is 0 Å². The van der Waals surface area contributed by atoms with Crippen LogP contribution in [0.5, 0.6) is 5.75 Å². The molecule has 23 heavy (non-hydrogen) atoms. The van der Waals surface area contributed by atoms with Gasteiger partial charge >= 0.3 is 12.6 Å². The molecule has 2 aromatic rings. The van der Waals surface area contributed by atoms with Gasteiger partial charge in [-0.1, -0.05) is 11.6 Å². The highest BCUT2D eigenvalue weighted by atomic mass is 35.5. The molecule has 0 saturated carbocycles. The third-order valence-electron chi connectivity index (χ3n) is 3.18. The average molecular weight is 345 g/mol. The molecular formula is C14H15ClF2N4O2. The number of hydrogen-bond donors (Lipinski definition) is 2. The Kier molecular flexibility index (Phi) is 5.38. The highest BCUT2D eigenvalue weighted by Gasteiger charge is 2.13. The zero-order chi connectivity index (χ0) is 17.0. The number of amides is 2. The molecule has 0 radical (unpaired) electrons. The van der Waals surface area contributed by atoms with Crippen LogP contribution in [0.1, 0.15) is 11.3 Å². The summed E-state index contributed by atoms with van der Waals surface area (Å²) in [7, 11) is 1.79. The topological polar surface area (TPSA) is 68.2 Å². The largest absolute Gasteiger partial charge is 0.433 e. The number of ether oxygens (including phenoxy) is 1. The molecule has 0 unspecified atom stereocenters. The first-order valence-corrected chi connectivity index (χ1v) is 7.01. The smallest absolute Gasteiger partial charge is 0.387 e. The van der Waals surface area contributed by atoms with Gasteiger partial charge in [0.1, 0.15) is 0 Å². The van der Waals surface area contributed by atoms with E-state index < -0.39 is 12.6 Å². The number of halogens is 3. The van der Waals surface area contributed by atoms with Crippen molar-refractivity contribution >= 4 is 23.3 Å². The maximum Gasteiger partial charge on any atom is 0.387 e. The maximum atomic E-state index is 12.4. The molecule has 1 aromatic carbocycles. The number of nitrogens with zero attached hydrogens (tertiary/aromatic N) is 2. The Morgan fingerprint density at radius 2 is 2.22 bits per heavy atom. The summed E-state index contributed by atoms with van der Waals surface area (Å²) < 4.78 is 30.8. The summed E-state index contributed by atoms with van der Waals surface area (Å²) in [5.41, 5.74) is 1.86. The number of aryl methyl sites for hydroxylation is 1. The van der Waals surface area contributed by atoms with Gasteiger partial charge in [-0.15, -0.1) is 0 Å². The molecule has 0 fully saturated rings. The van der Waals surface area contributed by atoms with Gasteiger partial charge in [0.05, 0.1) is 11.9 Å². The van der Waals surface area contributed by atoms with Crippen LogP contribution >= 0.6 is 11.6 Å². The number of anilines is 1. The van der Waals surface area contributed by atoms with Crippen LogP contribution in [0.15, 0.2) is 24.4 Å². The molecule has 9 heteroatoms. The molecule has 0 bridgehead atoms. The molecule has 2 amide bonds. The van der Waals surface area contributed by atoms with E-state index in [4.69, 9.17) is 11.6 Å². The number of hydrogen-bond acceptors (Lipinski definition) is 3. The van der Waals surface area contributed by atoms with E-state index in [9.17, 15) is 13.6 Å². The third-order valence-corrected chi connectivity index (χ3v) is 3.42. The summed E-state index contributed by atoms with van der Waals surface area (Å²) in [6, 6.07) is 3.49. The lowest BCUT2D eigenvalue weighted by Gasteiger charge is -2.13. The molecule has 1 aromatic heterocycles. The van der Waals surface area contributed by atoms with Crippen LogP contribution in [0.3, 0.4) is 0 Å². The summed E-state index contributed by atoms with van der Waals surface area (Å²) in [6.45, 7) is -0.894. The molecule has 0 spiro atoms. The van der Waals surface area contributed by atoms with Gasteiger partial charge in [0.25, 0.3) is 0 Å². The average Bonchev–Trinajstić information content (AvgIpc) is 2.79. The van der Waals surface area contributed by atoms with Crippen LogP contribution in [0.2, 0.25) is 5.02 Å². The van der Waals surface area contributed by atoms with Crippen molar-refractivity contribution < 1.29 is 18.3 Å². The van der Waals surface area contributed by atoms with E-state index in [1.54, 1.807) is 17.9 Å². The standard InChI is InChI=1S/C14H15ClF2N4O2/c1-8-9(7-19-21(8)2)6-18-14(22)20-11-4-3-10(15)5-12(11)23-13(16)17/h3-5,7,13H,6H2,1-2H3,(H2,18,20,22). The number of carbonyl (C=O) groups is 1. The van der Waals surface area contributed by atoms with Crippen molar-refractivity contribution in [3.8, 4) is 5.75 Å². The first-order valence-electron chi connectivity index (χ1n) is 6.63. The zero-order valence-corrected chi connectivity index (χ0v) is 13.2. The minimum absolute atomic E-state index is 0.0927. The third kappa shape index (κ3) is 4.56. The highest BCUT2D eigenvalue weighted by Crippen LogP contribution is 2.29. The van der Waals surface area contributed by atoms with Crippen molar-refractivity contribution in [2.24, 2.45) is 7.05 Å². The fraction of sp³-hybridized carbons (Fsp3) is 0.286. The Hall–Kier alpha value is -2.35. The van der Waals surface area contributed by atoms with Crippen molar-refractivity contribution in [2.45, 2.75) is 20.1 Å². The van der Waals surface area contributed by atoms with Crippen LogP contribution < -0.4 is 15.4 Å². The van der Waals surface area contributed by atoms with E-state index in [1.807, 2.05) is 6.92 Å². The first kappa shape index (κ1) is 17.0. The quantitative estimate of drug-likeness (QED) is 0.874. The van der Waals surface area contributed by atoms with Gasteiger partial charge in [-0.05, 0) is 19.1 Å². The van der Waals surface area contributed by atoms with Crippen LogP contribution in [0, 0.1) is 6.92 Å². The van der Waals surface area contributed by atoms with Crippen molar-refractivity contribution in [2.75, 3.05) is 5.32 Å². The molecule has 0 saturated heterocycles. The lowest BCUT2D eigenvalue weighted by Crippen LogP contribution is -2.28. The second kappa shape index (κ2) is 7.28. The van der Waals surface area contributed by atoms with Gasteiger partial charge in [-0.25, -0.2) is 4.79 Å². The lowest BCUT2D eigenvalue weighted by atomic mass is 10.2. The molecule has 124 valence electrons. The molecular weight excluding hydrogens is 330 g/mol. The minimum Gasteiger partial charge on any atom is -0.433 e. The van der Waals surface area contributed by atoms with E-state index >= 15 is 0 Å². The maximum absolute atomic E-state index is 12.4. The van der Waals surface area contributed by atoms with E-state index in [2.05, 4.69) is 20.5 Å². The SMILES string of the molecule is Cc1c(CNC(=O)Nc2ccc(Cl)cc2OC(F)F)cnn1C. The number of benzene rings is 1. The first-order chi connectivity index (χ1) is 10.9. The summed E-state index contributed by atoms with van der Waals surface area (Å²) in [6.07, 6.45) is 1.64. The Morgan fingerprint density at radius 1 is 1.48 bits per heavy atom. The molecule has 0 aliphatic rings. The summed E-state index contributed by atoms with van der Waals surface area (Å²) in [5, 5.41) is 9.34. The molecule has 0 aliphatic carbocycles. The highest BCUT2D eigenvalue weighted by molar-refractivity contribution is 6.30. The van der Waals surface area contributed by atoms with Gasteiger partial charge in [-0.3, -0.25) is 4.68 Å². The molecule has 2 rings (SSSR count). The molecule has 0 atom stereocenters. The summed E-state index contributed by atoms with van der Waals surface area (Å²) in [5.74, 6) is -0.208. The Bertz CT molecular complexity index is 706. The number of urea groups is 1. The number of alkyl halides is 2. The van der Waals surface area contributed by atoms with E-state index in [-0.39, 0.29) is 23.0 Å². The van der Waals surface area contributed by atoms with Crippen molar-refractivity contribution in [3.05, 3.63) is 40.7 Å². The van der Waals surface area contributed by atoms with Gasteiger partial charge in [-0.2, -0.15) is 13.9 Å². The van der Waals surface area contributed by atoms with Crippen LogP contribution in [0.25, 0.3) is 0 Å². The van der Waals surface area contributed by atoms with Gasteiger partial charge in [0, 0.05) is 35.9 Å². The Morgan fingerprint density at radius 3 is 2.83 bits per heavy atom. The molecule has 1 heterocycles. The monoisotopic (exact) mass is 344 g/mol. The van der Waals surface area contributed by atoms with Gasteiger partial charge in [0.2, 0.25) is 0 Å². The fourth-order valence-electron chi connectivity index (χ4n) is 1.85.